The first-order chi connectivity index (χ1) is 7.93. The second-order valence-corrected chi connectivity index (χ2v) is 6.77. The molecule has 2 fully saturated rings. The number of rotatable bonds is 1. The SMILES string of the molecule is CC1(C)CCN(C(=O)C2(C)CCNCC2)CC1. The Kier molecular flexibility index (Phi) is 3.48. The smallest absolute Gasteiger partial charge is 0.228 e. The molecule has 1 N–H and O–H groups in total. The highest BCUT2D eigenvalue weighted by molar-refractivity contribution is 5.82. The lowest BCUT2D eigenvalue weighted by Gasteiger charge is -2.42. The van der Waals surface area contributed by atoms with Crippen LogP contribution in [0.15, 0.2) is 0 Å². The van der Waals surface area contributed by atoms with Crippen LogP contribution in [0.25, 0.3) is 0 Å². The Bertz CT molecular complexity index is 283. The molecular formula is C14H26N2O. The van der Waals surface area contributed by atoms with E-state index in [4.69, 9.17) is 0 Å². The molecule has 0 radical (unpaired) electrons. The molecule has 98 valence electrons. The molecule has 3 heteroatoms. The van der Waals surface area contributed by atoms with Gasteiger partial charge in [0.05, 0.1) is 0 Å². The average molecular weight is 238 g/mol. The minimum absolute atomic E-state index is 0.104. The molecule has 0 unspecified atom stereocenters. The minimum atomic E-state index is -0.104. The van der Waals surface area contributed by atoms with Gasteiger partial charge in [-0.1, -0.05) is 20.8 Å². The van der Waals surface area contributed by atoms with Crippen molar-refractivity contribution in [2.45, 2.75) is 46.5 Å². The van der Waals surface area contributed by atoms with E-state index >= 15 is 0 Å². The first kappa shape index (κ1) is 12.9. The third kappa shape index (κ3) is 2.82. The third-order valence-electron chi connectivity index (χ3n) is 4.63. The lowest BCUT2D eigenvalue weighted by molar-refractivity contribution is -0.144. The summed E-state index contributed by atoms with van der Waals surface area (Å²) in [4.78, 5) is 14.7. The molecule has 2 aliphatic heterocycles. The van der Waals surface area contributed by atoms with Gasteiger partial charge in [-0.3, -0.25) is 4.79 Å². The molecule has 17 heavy (non-hydrogen) atoms. The molecule has 0 aromatic rings. The van der Waals surface area contributed by atoms with Crippen molar-refractivity contribution >= 4 is 5.91 Å². The van der Waals surface area contributed by atoms with E-state index in [1.165, 1.54) is 0 Å². The van der Waals surface area contributed by atoms with Crippen molar-refractivity contribution in [3.63, 3.8) is 0 Å². The first-order valence-electron chi connectivity index (χ1n) is 6.93. The topological polar surface area (TPSA) is 32.3 Å². The molecule has 0 aliphatic carbocycles. The molecule has 2 aliphatic rings. The molecule has 0 saturated carbocycles. The van der Waals surface area contributed by atoms with Crippen LogP contribution >= 0.6 is 0 Å². The zero-order chi connectivity index (χ0) is 12.5. The summed E-state index contributed by atoms with van der Waals surface area (Å²) < 4.78 is 0. The van der Waals surface area contributed by atoms with E-state index < -0.39 is 0 Å². The summed E-state index contributed by atoms with van der Waals surface area (Å²) in [6.45, 7) is 10.6. The Balaban J connectivity index is 1.96. The fraction of sp³-hybridized carbons (Fsp3) is 0.929. The van der Waals surface area contributed by atoms with Crippen LogP contribution in [0.4, 0.5) is 0 Å². The Morgan fingerprint density at radius 1 is 1.00 bits per heavy atom. The van der Waals surface area contributed by atoms with Gasteiger partial charge < -0.3 is 10.2 Å². The van der Waals surface area contributed by atoms with Gasteiger partial charge in [-0.05, 0) is 44.2 Å². The van der Waals surface area contributed by atoms with E-state index in [0.29, 0.717) is 11.3 Å². The second kappa shape index (κ2) is 4.60. The first-order valence-corrected chi connectivity index (χ1v) is 6.93. The summed E-state index contributed by atoms with van der Waals surface area (Å²) in [7, 11) is 0. The number of likely N-dealkylation sites (tertiary alicyclic amines) is 1. The third-order valence-corrected chi connectivity index (χ3v) is 4.63. The monoisotopic (exact) mass is 238 g/mol. The van der Waals surface area contributed by atoms with Gasteiger partial charge in [-0.25, -0.2) is 0 Å². The van der Waals surface area contributed by atoms with Crippen molar-refractivity contribution < 1.29 is 4.79 Å². The van der Waals surface area contributed by atoms with Crippen LogP contribution in [0.5, 0.6) is 0 Å². The van der Waals surface area contributed by atoms with Gasteiger partial charge in [0.15, 0.2) is 0 Å². The Morgan fingerprint density at radius 3 is 2.06 bits per heavy atom. The zero-order valence-corrected chi connectivity index (χ0v) is 11.5. The van der Waals surface area contributed by atoms with E-state index in [1.54, 1.807) is 0 Å². The molecule has 0 aromatic carbocycles. The maximum Gasteiger partial charge on any atom is 0.228 e. The van der Waals surface area contributed by atoms with Crippen molar-refractivity contribution in [3.05, 3.63) is 0 Å². The summed E-state index contributed by atoms with van der Waals surface area (Å²) in [6.07, 6.45) is 4.28. The highest BCUT2D eigenvalue weighted by Crippen LogP contribution is 2.35. The number of hydrogen-bond donors (Lipinski definition) is 1. The summed E-state index contributed by atoms with van der Waals surface area (Å²) in [5, 5.41) is 3.34. The largest absolute Gasteiger partial charge is 0.342 e. The van der Waals surface area contributed by atoms with Crippen molar-refractivity contribution in [2.24, 2.45) is 10.8 Å². The van der Waals surface area contributed by atoms with E-state index in [-0.39, 0.29) is 5.41 Å². The van der Waals surface area contributed by atoms with E-state index in [9.17, 15) is 4.79 Å². The fourth-order valence-corrected chi connectivity index (χ4v) is 2.89. The standard InChI is InChI=1S/C14H26N2O/c1-13(2)6-10-16(11-7-13)12(17)14(3)4-8-15-9-5-14/h15H,4-11H2,1-3H3. The number of hydrogen-bond acceptors (Lipinski definition) is 2. The molecule has 2 heterocycles. The van der Waals surface area contributed by atoms with Gasteiger partial charge in [0.25, 0.3) is 0 Å². The quantitative estimate of drug-likeness (QED) is 0.758. The molecule has 0 atom stereocenters. The summed E-state index contributed by atoms with van der Waals surface area (Å²) in [5.74, 6) is 0.398. The van der Waals surface area contributed by atoms with Gasteiger partial charge in [0, 0.05) is 18.5 Å². The normalized spacial score (nSPS) is 27.8. The van der Waals surface area contributed by atoms with Crippen LogP contribution in [0.1, 0.15) is 46.5 Å². The van der Waals surface area contributed by atoms with E-state index in [1.807, 2.05) is 0 Å². The number of nitrogens with zero attached hydrogens (tertiary/aromatic N) is 1. The van der Waals surface area contributed by atoms with Crippen LogP contribution in [-0.2, 0) is 4.79 Å². The summed E-state index contributed by atoms with van der Waals surface area (Å²) >= 11 is 0. The lowest BCUT2D eigenvalue weighted by atomic mass is 9.77. The van der Waals surface area contributed by atoms with Crippen LogP contribution in [0.2, 0.25) is 0 Å². The minimum Gasteiger partial charge on any atom is -0.342 e. The molecule has 0 spiro atoms. The van der Waals surface area contributed by atoms with E-state index in [2.05, 4.69) is 31.0 Å². The zero-order valence-electron chi connectivity index (χ0n) is 11.5. The maximum atomic E-state index is 12.6. The molecule has 2 rings (SSSR count). The highest BCUT2D eigenvalue weighted by Gasteiger charge is 2.39. The summed E-state index contributed by atoms with van der Waals surface area (Å²) in [5.41, 5.74) is 0.318. The van der Waals surface area contributed by atoms with Gasteiger partial charge >= 0.3 is 0 Å². The van der Waals surface area contributed by atoms with E-state index in [0.717, 1.165) is 51.9 Å². The molecule has 3 nitrogen and oxygen atoms in total. The lowest BCUT2D eigenvalue weighted by Crippen LogP contribution is -2.50. The Hall–Kier alpha value is -0.570. The number of piperidine rings is 2. The second-order valence-electron chi connectivity index (χ2n) is 6.77. The predicted molar refractivity (Wildman–Crippen MR) is 69.8 cm³/mol. The van der Waals surface area contributed by atoms with Crippen LogP contribution < -0.4 is 5.32 Å². The van der Waals surface area contributed by atoms with Crippen LogP contribution in [0.3, 0.4) is 0 Å². The van der Waals surface area contributed by atoms with Crippen LogP contribution in [-0.4, -0.2) is 37.0 Å². The molecule has 0 bridgehead atoms. The maximum absolute atomic E-state index is 12.6. The van der Waals surface area contributed by atoms with Crippen molar-refractivity contribution in [3.8, 4) is 0 Å². The highest BCUT2D eigenvalue weighted by atomic mass is 16.2. The number of carbonyl (C=O) groups excluding carboxylic acids is 1. The number of nitrogens with one attached hydrogen (secondary N) is 1. The average Bonchev–Trinajstić information content (AvgIpc) is 2.29. The number of amides is 1. The molecule has 0 aromatic heterocycles. The van der Waals surface area contributed by atoms with Gasteiger partial charge in [-0.2, -0.15) is 0 Å². The van der Waals surface area contributed by atoms with Crippen LogP contribution in [0, 0.1) is 10.8 Å². The molecule has 1 amide bonds. The predicted octanol–water partition coefficient (Wildman–Crippen LogP) is 2.02. The van der Waals surface area contributed by atoms with Crippen molar-refractivity contribution in [1.29, 1.82) is 0 Å². The summed E-state index contributed by atoms with van der Waals surface area (Å²) in [6, 6.07) is 0. The van der Waals surface area contributed by atoms with Crippen molar-refractivity contribution in [2.75, 3.05) is 26.2 Å². The molecule has 2 saturated heterocycles. The van der Waals surface area contributed by atoms with Gasteiger partial charge in [0.2, 0.25) is 5.91 Å². The fourth-order valence-electron chi connectivity index (χ4n) is 2.89. The Morgan fingerprint density at radius 2 is 1.53 bits per heavy atom. The number of carbonyl (C=O) groups is 1. The molecular weight excluding hydrogens is 212 g/mol. The Labute approximate surface area is 105 Å². The van der Waals surface area contributed by atoms with Gasteiger partial charge in [0.1, 0.15) is 0 Å². The van der Waals surface area contributed by atoms with Gasteiger partial charge in [-0.15, -0.1) is 0 Å². The van der Waals surface area contributed by atoms with Crippen molar-refractivity contribution in [1.82, 2.24) is 10.2 Å².